The molecule has 0 spiro atoms. The molecule has 1 aliphatic carbocycles. The fourth-order valence-electron chi connectivity index (χ4n) is 1.93. The predicted octanol–water partition coefficient (Wildman–Crippen LogP) is 3.44. The van der Waals surface area contributed by atoms with Crippen molar-refractivity contribution in [3.63, 3.8) is 0 Å². The largest absolute Gasteiger partial charge is 0.383 e. The van der Waals surface area contributed by atoms with E-state index in [-0.39, 0.29) is 0 Å². The molecule has 1 atom stereocenters. The molecule has 1 aromatic carbocycles. The summed E-state index contributed by atoms with van der Waals surface area (Å²) >= 11 is 0. The molecule has 15 heavy (non-hydrogen) atoms. The Balaban J connectivity index is 1.85. The molecule has 1 unspecified atom stereocenters. The van der Waals surface area contributed by atoms with E-state index in [2.05, 4.69) is 31.0 Å². The smallest absolute Gasteiger partial charge is 0.0342 e. The zero-order valence-corrected chi connectivity index (χ0v) is 9.37. The topological polar surface area (TPSA) is 12.0 Å². The molecule has 1 aromatic rings. The van der Waals surface area contributed by atoms with Gasteiger partial charge in [0.2, 0.25) is 0 Å². The van der Waals surface area contributed by atoms with Crippen molar-refractivity contribution in [2.75, 3.05) is 0 Å². The van der Waals surface area contributed by atoms with Crippen LogP contribution in [-0.2, 0) is 0 Å². The van der Waals surface area contributed by atoms with Gasteiger partial charge in [0.05, 0.1) is 0 Å². The molecule has 0 heterocycles. The van der Waals surface area contributed by atoms with Crippen molar-refractivity contribution in [2.24, 2.45) is 5.92 Å². The molecule has 1 nitrogen and oxygen atoms in total. The third-order valence-electron chi connectivity index (χ3n) is 2.93. The Morgan fingerprint density at radius 3 is 2.67 bits per heavy atom. The first-order valence-electron chi connectivity index (χ1n) is 5.76. The summed E-state index contributed by atoms with van der Waals surface area (Å²) in [5.41, 5.74) is 2.24. The molecule has 1 heteroatoms. The van der Waals surface area contributed by atoms with Crippen LogP contribution in [0.15, 0.2) is 36.9 Å². The summed E-state index contributed by atoms with van der Waals surface area (Å²) in [7, 11) is 0. The molecule has 1 saturated carbocycles. The SMILES string of the molecule is C=C(NC(C)CC1CC1)c1ccccc1. The van der Waals surface area contributed by atoms with Crippen LogP contribution in [0.3, 0.4) is 0 Å². The van der Waals surface area contributed by atoms with E-state index in [1.54, 1.807) is 0 Å². The minimum absolute atomic E-state index is 0.546. The van der Waals surface area contributed by atoms with Crippen LogP contribution in [0.25, 0.3) is 5.70 Å². The lowest BCUT2D eigenvalue weighted by Gasteiger charge is -2.16. The second kappa shape index (κ2) is 4.52. The maximum absolute atomic E-state index is 4.08. The van der Waals surface area contributed by atoms with Crippen molar-refractivity contribution < 1.29 is 0 Å². The molecule has 80 valence electrons. The summed E-state index contributed by atoms with van der Waals surface area (Å²) < 4.78 is 0. The van der Waals surface area contributed by atoms with Crippen molar-refractivity contribution in [3.8, 4) is 0 Å². The molecule has 0 radical (unpaired) electrons. The maximum Gasteiger partial charge on any atom is 0.0342 e. The monoisotopic (exact) mass is 201 g/mol. The maximum atomic E-state index is 4.08. The molecule has 0 bridgehead atoms. The van der Waals surface area contributed by atoms with Gasteiger partial charge in [0, 0.05) is 11.7 Å². The zero-order chi connectivity index (χ0) is 10.7. The fourth-order valence-corrected chi connectivity index (χ4v) is 1.93. The van der Waals surface area contributed by atoms with E-state index in [4.69, 9.17) is 0 Å². The van der Waals surface area contributed by atoms with Gasteiger partial charge in [0.25, 0.3) is 0 Å². The average molecular weight is 201 g/mol. The number of rotatable bonds is 5. The van der Waals surface area contributed by atoms with E-state index >= 15 is 0 Å². The molecular weight excluding hydrogens is 182 g/mol. The Labute approximate surface area is 92.2 Å². The van der Waals surface area contributed by atoms with Gasteiger partial charge in [-0.3, -0.25) is 0 Å². The summed E-state index contributed by atoms with van der Waals surface area (Å²) in [6.07, 6.45) is 4.12. The van der Waals surface area contributed by atoms with E-state index in [1.165, 1.54) is 24.8 Å². The van der Waals surface area contributed by atoms with Gasteiger partial charge in [-0.1, -0.05) is 49.8 Å². The highest BCUT2D eigenvalue weighted by atomic mass is 14.9. The summed E-state index contributed by atoms with van der Waals surface area (Å²) in [5, 5.41) is 3.47. The van der Waals surface area contributed by atoms with Crippen molar-refractivity contribution in [3.05, 3.63) is 42.5 Å². The van der Waals surface area contributed by atoms with Crippen LogP contribution in [0.2, 0.25) is 0 Å². The predicted molar refractivity (Wildman–Crippen MR) is 65.4 cm³/mol. The van der Waals surface area contributed by atoms with E-state index < -0.39 is 0 Å². The van der Waals surface area contributed by atoms with Crippen LogP contribution in [-0.4, -0.2) is 6.04 Å². The molecular formula is C14H19N. The van der Waals surface area contributed by atoms with Crippen LogP contribution < -0.4 is 5.32 Å². The van der Waals surface area contributed by atoms with Crippen LogP contribution in [0.5, 0.6) is 0 Å². The number of hydrogen-bond acceptors (Lipinski definition) is 1. The molecule has 0 aromatic heterocycles. The van der Waals surface area contributed by atoms with Gasteiger partial charge in [0.1, 0.15) is 0 Å². The Kier molecular flexibility index (Phi) is 3.10. The van der Waals surface area contributed by atoms with Gasteiger partial charge in [-0.05, 0) is 24.8 Å². The molecule has 1 fully saturated rings. The molecule has 0 saturated heterocycles. The van der Waals surface area contributed by atoms with Crippen molar-refractivity contribution >= 4 is 5.70 Å². The third-order valence-corrected chi connectivity index (χ3v) is 2.93. The van der Waals surface area contributed by atoms with Crippen LogP contribution in [0.1, 0.15) is 31.7 Å². The van der Waals surface area contributed by atoms with Crippen molar-refractivity contribution in [1.29, 1.82) is 0 Å². The Hall–Kier alpha value is -1.24. The highest BCUT2D eigenvalue weighted by molar-refractivity contribution is 5.61. The van der Waals surface area contributed by atoms with E-state index in [0.717, 1.165) is 11.6 Å². The van der Waals surface area contributed by atoms with E-state index in [9.17, 15) is 0 Å². The number of hydrogen-bond donors (Lipinski definition) is 1. The standard InChI is InChI=1S/C14H19N/c1-11(10-13-8-9-13)15-12(2)14-6-4-3-5-7-14/h3-7,11,13,15H,2,8-10H2,1H3. The van der Waals surface area contributed by atoms with Crippen molar-refractivity contribution in [1.82, 2.24) is 5.32 Å². The lowest BCUT2D eigenvalue weighted by Crippen LogP contribution is -2.24. The summed E-state index contributed by atoms with van der Waals surface area (Å²) in [4.78, 5) is 0. The molecule has 2 rings (SSSR count). The lowest BCUT2D eigenvalue weighted by atomic mass is 10.1. The highest BCUT2D eigenvalue weighted by Gasteiger charge is 2.23. The van der Waals surface area contributed by atoms with Gasteiger partial charge in [-0.25, -0.2) is 0 Å². The Morgan fingerprint density at radius 2 is 2.07 bits per heavy atom. The van der Waals surface area contributed by atoms with Gasteiger partial charge in [-0.2, -0.15) is 0 Å². The second-order valence-corrected chi connectivity index (χ2v) is 4.57. The summed E-state index contributed by atoms with van der Waals surface area (Å²) in [5.74, 6) is 0.969. The fraction of sp³-hybridized carbons (Fsp3) is 0.429. The third kappa shape index (κ3) is 3.12. The first-order chi connectivity index (χ1) is 7.25. The van der Waals surface area contributed by atoms with Crippen LogP contribution in [0, 0.1) is 5.92 Å². The minimum atomic E-state index is 0.546. The van der Waals surface area contributed by atoms with Crippen LogP contribution in [0.4, 0.5) is 0 Å². The molecule has 1 N–H and O–H groups in total. The van der Waals surface area contributed by atoms with Gasteiger partial charge in [-0.15, -0.1) is 0 Å². The van der Waals surface area contributed by atoms with E-state index in [1.807, 2.05) is 18.2 Å². The van der Waals surface area contributed by atoms with Gasteiger partial charge in [0.15, 0.2) is 0 Å². The highest BCUT2D eigenvalue weighted by Crippen LogP contribution is 2.33. The van der Waals surface area contributed by atoms with Crippen LogP contribution >= 0.6 is 0 Å². The second-order valence-electron chi connectivity index (χ2n) is 4.57. The molecule has 0 amide bonds. The summed E-state index contributed by atoms with van der Waals surface area (Å²) in [6, 6.07) is 10.9. The normalized spacial score (nSPS) is 17.1. The zero-order valence-electron chi connectivity index (χ0n) is 9.37. The van der Waals surface area contributed by atoms with Crippen molar-refractivity contribution in [2.45, 2.75) is 32.2 Å². The summed E-state index contributed by atoms with van der Waals surface area (Å²) in [6.45, 7) is 6.32. The average Bonchev–Trinajstić information content (AvgIpc) is 3.03. The first-order valence-corrected chi connectivity index (χ1v) is 5.76. The molecule has 0 aliphatic heterocycles. The minimum Gasteiger partial charge on any atom is -0.383 e. The number of nitrogens with one attached hydrogen (secondary N) is 1. The van der Waals surface area contributed by atoms with Gasteiger partial charge >= 0.3 is 0 Å². The Morgan fingerprint density at radius 1 is 1.40 bits per heavy atom. The quantitative estimate of drug-likeness (QED) is 0.769. The first kappa shape index (κ1) is 10.3. The Bertz CT molecular complexity index is 324. The number of benzene rings is 1. The lowest BCUT2D eigenvalue weighted by molar-refractivity contribution is 0.555. The molecule has 1 aliphatic rings. The van der Waals surface area contributed by atoms with E-state index in [0.29, 0.717) is 6.04 Å². The van der Waals surface area contributed by atoms with Gasteiger partial charge < -0.3 is 5.32 Å².